The third kappa shape index (κ3) is 4.36. The Morgan fingerprint density at radius 2 is 2.07 bits per heavy atom. The molecular formula is C18H18BrClFN5O2. The molecule has 0 bridgehead atoms. The first kappa shape index (κ1) is 20.3. The summed E-state index contributed by atoms with van der Waals surface area (Å²) in [6, 6.07) is 8.13. The lowest BCUT2D eigenvalue weighted by molar-refractivity contribution is 0.277. The highest BCUT2D eigenvalue weighted by atomic mass is 79.9. The Balaban J connectivity index is 1.87. The molecule has 3 aromatic rings. The van der Waals surface area contributed by atoms with E-state index < -0.39 is 5.82 Å². The molecule has 1 aromatic heterocycles. The number of hydrogen-bond donors (Lipinski definition) is 1. The number of ether oxygens (including phenoxy) is 2. The quantitative estimate of drug-likeness (QED) is 0.524. The number of tetrazole rings is 1. The maximum atomic E-state index is 14.1. The van der Waals surface area contributed by atoms with Crippen LogP contribution in [0.4, 0.5) is 10.3 Å². The van der Waals surface area contributed by atoms with Gasteiger partial charge >= 0.3 is 0 Å². The summed E-state index contributed by atoms with van der Waals surface area (Å²) in [4.78, 5) is 0. The van der Waals surface area contributed by atoms with Crippen LogP contribution in [0.25, 0.3) is 0 Å². The van der Waals surface area contributed by atoms with E-state index in [2.05, 4.69) is 36.8 Å². The molecule has 2 aromatic carbocycles. The molecule has 1 N–H and O–H groups in total. The molecule has 0 amide bonds. The number of nitrogens with zero attached hydrogens (tertiary/aromatic N) is 4. The van der Waals surface area contributed by atoms with Crippen molar-refractivity contribution in [3.05, 3.63) is 56.8 Å². The lowest BCUT2D eigenvalue weighted by atomic mass is 10.1. The molecule has 0 spiro atoms. The third-order valence-electron chi connectivity index (χ3n) is 4.06. The summed E-state index contributed by atoms with van der Waals surface area (Å²) in [5, 5.41) is 15.0. The van der Waals surface area contributed by atoms with Gasteiger partial charge in [0.15, 0.2) is 11.5 Å². The van der Waals surface area contributed by atoms with E-state index in [0.29, 0.717) is 35.6 Å². The summed E-state index contributed by atoms with van der Waals surface area (Å²) in [5.41, 5.74) is 1.05. The van der Waals surface area contributed by atoms with Gasteiger partial charge in [-0.05, 0) is 41.6 Å². The molecule has 0 unspecified atom stereocenters. The number of halogens is 3. The van der Waals surface area contributed by atoms with Crippen LogP contribution in [-0.2, 0) is 19.7 Å². The summed E-state index contributed by atoms with van der Waals surface area (Å²) < 4.78 is 27.9. The van der Waals surface area contributed by atoms with Crippen molar-refractivity contribution in [2.24, 2.45) is 0 Å². The maximum Gasteiger partial charge on any atom is 0.243 e. The SMILES string of the molecule is CCn1nnnc1NCc1c(Br)ccc(OC)c1OCc1c(F)cccc1Cl. The van der Waals surface area contributed by atoms with Crippen LogP contribution in [-0.4, -0.2) is 27.3 Å². The molecule has 0 aliphatic carbocycles. The van der Waals surface area contributed by atoms with Crippen LogP contribution in [0.15, 0.2) is 34.8 Å². The second-order valence-corrected chi connectivity index (χ2v) is 6.98. The van der Waals surface area contributed by atoms with Gasteiger partial charge in [-0.2, -0.15) is 0 Å². The van der Waals surface area contributed by atoms with Crippen LogP contribution in [0.2, 0.25) is 5.02 Å². The molecule has 0 aliphatic heterocycles. The molecule has 0 radical (unpaired) electrons. The fourth-order valence-corrected chi connectivity index (χ4v) is 3.26. The standard InChI is InChI=1S/C18H18BrClFN5O2/c1-3-26-18(23-24-25-26)22-9-11-13(19)7-8-16(27-2)17(11)28-10-12-14(20)5-4-6-15(12)21/h4-8H,3,9-10H2,1-2H3,(H,22,23,25). The minimum absolute atomic E-state index is 0.0436. The first-order valence-electron chi connectivity index (χ1n) is 8.46. The Morgan fingerprint density at radius 1 is 1.25 bits per heavy atom. The van der Waals surface area contributed by atoms with Crippen LogP contribution >= 0.6 is 27.5 Å². The number of aryl methyl sites for hydroxylation is 1. The number of rotatable bonds is 8. The smallest absolute Gasteiger partial charge is 0.243 e. The minimum atomic E-state index is -0.428. The number of aromatic nitrogens is 4. The van der Waals surface area contributed by atoms with Gasteiger partial charge in [-0.25, -0.2) is 9.07 Å². The fourth-order valence-electron chi connectivity index (χ4n) is 2.59. The Morgan fingerprint density at radius 3 is 2.79 bits per heavy atom. The van der Waals surface area contributed by atoms with Gasteiger partial charge in [-0.15, -0.1) is 0 Å². The van der Waals surface area contributed by atoms with Gasteiger partial charge in [0.1, 0.15) is 12.4 Å². The molecule has 1 heterocycles. The van der Waals surface area contributed by atoms with Gasteiger partial charge < -0.3 is 14.8 Å². The number of hydrogen-bond acceptors (Lipinski definition) is 6. The first-order valence-corrected chi connectivity index (χ1v) is 9.63. The minimum Gasteiger partial charge on any atom is -0.493 e. The first-order chi connectivity index (χ1) is 13.5. The van der Waals surface area contributed by atoms with Crippen molar-refractivity contribution >= 4 is 33.5 Å². The number of anilines is 1. The predicted molar refractivity (Wildman–Crippen MR) is 107 cm³/mol. The van der Waals surface area contributed by atoms with E-state index >= 15 is 0 Å². The van der Waals surface area contributed by atoms with E-state index in [4.69, 9.17) is 21.1 Å². The highest BCUT2D eigenvalue weighted by molar-refractivity contribution is 9.10. The van der Waals surface area contributed by atoms with Crippen molar-refractivity contribution in [2.75, 3.05) is 12.4 Å². The second-order valence-electron chi connectivity index (χ2n) is 5.72. The second kappa shape index (κ2) is 9.20. The molecule has 28 heavy (non-hydrogen) atoms. The van der Waals surface area contributed by atoms with Gasteiger partial charge in [0.25, 0.3) is 0 Å². The van der Waals surface area contributed by atoms with Gasteiger partial charge in [0.05, 0.1) is 12.1 Å². The fraction of sp³-hybridized carbons (Fsp3) is 0.278. The largest absolute Gasteiger partial charge is 0.493 e. The summed E-state index contributed by atoms with van der Waals surface area (Å²) in [6.45, 7) is 2.88. The molecule has 7 nitrogen and oxygen atoms in total. The van der Waals surface area contributed by atoms with Crippen molar-refractivity contribution in [3.63, 3.8) is 0 Å². The lowest BCUT2D eigenvalue weighted by Gasteiger charge is -2.18. The normalized spacial score (nSPS) is 10.8. The predicted octanol–water partition coefficient (Wildman–Crippen LogP) is 4.45. The van der Waals surface area contributed by atoms with E-state index in [9.17, 15) is 4.39 Å². The molecule has 3 rings (SSSR count). The average Bonchev–Trinajstić information content (AvgIpc) is 3.14. The Labute approximate surface area is 174 Å². The van der Waals surface area contributed by atoms with Crippen LogP contribution in [0.3, 0.4) is 0 Å². The highest BCUT2D eigenvalue weighted by Gasteiger charge is 2.17. The van der Waals surface area contributed by atoms with Gasteiger partial charge in [0, 0.05) is 28.7 Å². The number of benzene rings is 2. The summed E-state index contributed by atoms with van der Waals surface area (Å²) >= 11 is 9.64. The highest BCUT2D eigenvalue weighted by Crippen LogP contribution is 2.37. The Hall–Kier alpha value is -2.39. The molecule has 0 saturated heterocycles. The zero-order valence-electron chi connectivity index (χ0n) is 15.2. The van der Waals surface area contributed by atoms with Crippen LogP contribution in [0, 0.1) is 5.82 Å². The summed E-state index contributed by atoms with van der Waals surface area (Å²) in [7, 11) is 1.54. The van der Waals surface area contributed by atoms with Gasteiger partial charge in [-0.1, -0.05) is 38.7 Å². The number of methoxy groups -OCH3 is 1. The van der Waals surface area contributed by atoms with E-state index in [0.717, 1.165) is 10.0 Å². The van der Waals surface area contributed by atoms with Crippen molar-refractivity contribution in [3.8, 4) is 11.5 Å². The molecule has 0 atom stereocenters. The molecule has 0 fully saturated rings. The Bertz CT molecular complexity index is 949. The van der Waals surface area contributed by atoms with Gasteiger partial charge in [0.2, 0.25) is 5.95 Å². The van der Waals surface area contributed by atoms with Crippen molar-refractivity contribution in [1.82, 2.24) is 20.2 Å². The lowest BCUT2D eigenvalue weighted by Crippen LogP contribution is -2.10. The molecular weight excluding hydrogens is 453 g/mol. The topological polar surface area (TPSA) is 74.1 Å². The number of nitrogens with one attached hydrogen (secondary N) is 1. The molecule has 10 heteroatoms. The molecule has 0 aliphatic rings. The van der Waals surface area contributed by atoms with E-state index in [1.165, 1.54) is 6.07 Å². The maximum absolute atomic E-state index is 14.1. The van der Waals surface area contributed by atoms with Crippen LogP contribution in [0.1, 0.15) is 18.1 Å². The zero-order valence-corrected chi connectivity index (χ0v) is 17.6. The van der Waals surface area contributed by atoms with Crippen molar-refractivity contribution in [1.29, 1.82) is 0 Å². The molecule has 0 saturated carbocycles. The summed E-state index contributed by atoms with van der Waals surface area (Å²) in [6.07, 6.45) is 0. The van der Waals surface area contributed by atoms with Crippen molar-refractivity contribution in [2.45, 2.75) is 26.6 Å². The van der Waals surface area contributed by atoms with Crippen molar-refractivity contribution < 1.29 is 13.9 Å². The molecule has 148 valence electrons. The summed E-state index contributed by atoms with van der Waals surface area (Å²) in [5.74, 6) is 1.09. The zero-order chi connectivity index (χ0) is 20.1. The average molecular weight is 471 g/mol. The van der Waals surface area contributed by atoms with E-state index in [1.54, 1.807) is 30.0 Å². The monoisotopic (exact) mass is 469 g/mol. The third-order valence-corrected chi connectivity index (χ3v) is 5.16. The van der Waals surface area contributed by atoms with E-state index in [-0.39, 0.29) is 12.2 Å². The van der Waals surface area contributed by atoms with Gasteiger partial charge in [-0.3, -0.25) is 0 Å². The van der Waals surface area contributed by atoms with Crippen LogP contribution in [0.5, 0.6) is 11.5 Å². The van der Waals surface area contributed by atoms with Crippen LogP contribution < -0.4 is 14.8 Å². The van der Waals surface area contributed by atoms with E-state index in [1.807, 2.05) is 13.0 Å². The Kier molecular flexibility index (Phi) is 6.69.